The Bertz CT molecular complexity index is 1660. The van der Waals surface area contributed by atoms with Crippen molar-refractivity contribution < 1.29 is 14.6 Å². The Hall–Kier alpha value is -4.89. The van der Waals surface area contributed by atoms with Crippen molar-refractivity contribution >= 4 is 39.9 Å². The number of pyridine rings is 1. The average molecular weight is 488 g/mol. The van der Waals surface area contributed by atoms with E-state index < -0.39 is 5.97 Å². The van der Waals surface area contributed by atoms with E-state index in [0.29, 0.717) is 18.7 Å². The minimum Gasteiger partial charge on any atom is -0.481 e. The second-order valence-corrected chi connectivity index (χ2v) is 8.78. The van der Waals surface area contributed by atoms with E-state index in [1.807, 2.05) is 66.9 Å². The number of ether oxygens (including phenoxy) is 1. The Balaban J connectivity index is 1.42. The van der Waals surface area contributed by atoms with Crippen LogP contribution in [0.15, 0.2) is 85.1 Å². The van der Waals surface area contributed by atoms with Crippen LogP contribution in [0, 0.1) is 11.3 Å². The molecule has 5 rings (SSSR count). The van der Waals surface area contributed by atoms with Crippen LogP contribution in [-0.2, 0) is 17.8 Å². The third-order valence-electron chi connectivity index (χ3n) is 6.25. The highest BCUT2D eigenvalue weighted by Gasteiger charge is 2.13. The molecule has 0 aliphatic carbocycles. The summed E-state index contributed by atoms with van der Waals surface area (Å²) >= 11 is 0. The Morgan fingerprint density at radius 2 is 1.92 bits per heavy atom. The molecule has 0 amide bonds. The van der Waals surface area contributed by atoms with Gasteiger partial charge >= 0.3 is 5.97 Å². The van der Waals surface area contributed by atoms with Crippen molar-refractivity contribution in [3.63, 3.8) is 0 Å². The van der Waals surface area contributed by atoms with Gasteiger partial charge in [-0.3, -0.25) is 4.79 Å². The topological polar surface area (TPSA) is 88.1 Å². The third kappa shape index (κ3) is 5.52. The molecule has 0 radical (unpaired) electrons. The number of nitrogens with zero attached hydrogens (tertiary/aromatic N) is 3. The number of rotatable bonds is 9. The number of para-hydroxylation sites is 1. The summed E-state index contributed by atoms with van der Waals surface area (Å²) in [6.45, 7) is 0.544. The molecular weight excluding hydrogens is 462 g/mol. The van der Waals surface area contributed by atoms with Crippen LogP contribution in [0.2, 0.25) is 0 Å². The van der Waals surface area contributed by atoms with Crippen LogP contribution in [0.4, 0.5) is 0 Å². The van der Waals surface area contributed by atoms with Crippen LogP contribution in [-0.4, -0.2) is 27.2 Å². The summed E-state index contributed by atoms with van der Waals surface area (Å²) in [7, 11) is 0. The van der Waals surface area contributed by atoms with Crippen LogP contribution in [0.3, 0.4) is 0 Å². The van der Waals surface area contributed by atoms with Crippen LogP contribution in [0.1, 0.15) is 28.8 Å². The van der Waals surface area contributed by atoms with E-state index in [1.54, 1.807) is 0 Å². The van der Waals surface area contributed by atoms with Crippen molar-refractivity contribution in [1.29, 1.82) is 5.26 Å². The van der Waals surface area contributed by atoms with Gasteiger partial charge in [-0.1, -0.05) is 54.6 Å². The molecule has 2 heterocycles. The van der Waals surface area contributed by atoms with Gasteiger partial charge in [-0.15, -0.1) is 0 Å². The lowest BCUT2D eigenvalue weighted by atomic mass is 10.0. The third-order valence-corrected chi connectivity index (χ3v) is 6.25. The monoisotopic (exact) mass is 487 g/mol. The number of aromatic nitrogens is 2. The van der Waals surface area contributed by atoms with Gasteiger partial charge in [-0.2, -0.15) is 5.26 Å². The second-order valence-electron chi connectivity index (χ2n) is 8.78. The Labute approximate surface area is 214 Å². The predicted octanol–water partition coefficient (Wildman–Crippen LogP) is 6.33. The standard InChI is InChI=1S/C31H25N3O3/c32-17-19-37-29-14-10-24(11-15-30(35)36)27-16-18-34(31(27)29)21-23-5-3-4-22(20-23)8-12-26-13-9-25-6-1-2-7-28(25)33-26/h1-10,12-14,16,18,20H,11,15,19,21H2,(H,35,36). The van der Waals surface area contributed by atoms with Crippen LogP contribution >= 0.6 is 0 Å². The summed E-state index contributed by atoms with van der Waals surface area (Å²) in [5, 5.41) is 20.2. The summed E-state index contributed by atoms with van der Waals surface area (Å²) in [6, 6.07) is 28.1. The zero-order chi connectivity index (χ0) is 25.6. The molecule has 5 aromatic rings. The molecule has 0 atom stereocenters. The minimum atomic E-state index is -0.832. The maximum Gasteiger partial charge on any atom is 0.303 e. The van der Waals surface area contributed by atoms with Gasteiger partial charge in [-0.05, 0) is 59.5 Å². The molecule has 0 aliphatic rings. The number of aliphatic carboxylic acids is 1. The highest BCUT2D eigenvalue weighted by Crippen LogP contribution is 2.31. The molecule has 182 valence electrons. The molecule has 0 aliphatic heterocycles. The number of carboxylic acids is 1. The molecule has 1 N–H and O–H groups in total. The highest BCUT2D eigenvalue weighted by atomic mass is 16.5. The normalized spacial score (nSPS) is 11.2. The first-order chi connectivity index (χ1) is 18.1. The van der Waals surface area contributed by atoms with Gasteiger partial charge in [-0.25, -0.2) is 4.98 Å². The van der Waals surface area contributed by atoms with E-state index in [4.69, 9.17) is 20.1 Å². The van der Waals surface area contributed by atoms with Crippen molar-refractivity contribution in [2.24, 2.45) is 0 Å². The zero-order valence-electron chi connectivity index (χ0n) is 20.2. The number of aryl methyl sites for hydroxylation is 1. The Morgan fingerprint density at radius 1 is 1.03 bits per heavy atom. The highest BCUT2D eigenvalue weighted by molar-refractivity contribution is 5.89. The average Bonchev–Trinajstić information content (AvgIpc) is 3.34. The molecule has 6 heteroatoms. The number of fused-ring (bicyclic) bond motifs is 2. The second kappa shape index (κ2) is 10.8. The van der Waals surface area contributed by atoms with Crippen LogP contribution < -0.4 is 4.74 Å². The predicted molar refractivity (Wildman–Crippen MR) is 145 cm³/mol. The molecule has 37 heavy (non-hydrogen) atoms. The first kappa shape index (κ1) is 23.8. The number of benzene rings is 3. The summed E-state index contributed by atoms with van der Waals surface area (Å²) in [4.78, 5) is 15.8. The van der Waals surface area contributed by atoms with E-state index in [0.717, 1.165) is 44.2 Å². The lowest BCUT2D eigenvalue weighted by Crippen LogP contribution is -2.03. The smallest absolute Gasteiger partial charge is 0.303 e. The quantitative estimate of drug-likeness (QED) is 0.263. The summed E-state index contributed by atoms with van der Waals surface area (Å²) < 4.78 is 7.79. The first-order valence-electron chi connectivity index (χ1n) is 12.1. The van der Waals surface area contributed by atoms with E-state index in [-0.39, 0.29) is 13.0 Å². The molecule has 3 aromatic carbocycles. The molecule has 0 bridgehead atoms. The Kier molecular flexibility index (Phi) is 6.95. The molecule has 6 nitrogen and oxygen atoms in total. The maximum absolute atomic E-state index is 11.1. The summed E-state index contributed by atoms with van der Waals surface area (Å²) in [5.74, 6) is -0.222. The number of carbonyl (C=O) groups is 1. The van der Waals surface area contributed by atoms with Gasteiger partial charge in [0.15, 0.2) is 6.61 Å². The van der Waals surface area contributed by atoms with Gasteiger partial charge in [0, 0.05) is 29.9 Å². The fourth-order valence-corrected chi connectivity index (χ4v) is 4.52. The zero-order valence-corrected chi connectivity index (χ0v) is 20.2. The fourth-order valence-electron chi connectivity index (χ4n) is 4.52. The molecule has 2 aromatic heterocycles. The Morgan fingerprint density at radius 3 is 2.78 bits per heavy atom. The van der Waals surface area contributed by atoms with Gasteiger partial charge < -0.3 is 14.4 Å². The van der Waals surface area contributed by atoms with Crippen molar-refractivity contribution in [1.82, 2.24) is 9.55 Å². The number of carboxylic acid groups (broad SMARTS) is 1. The van der Waals surface area contributed by atoms with Crippen molar-refractivity contribution in [2.75, 3.05) is 6.61 Å². The van der Waals surface area contributed by atoms with Crippen molar-refractivity contribution in [2.45, 2.75) is 19.4 Å². The first-order valence-corrected chi connectivity index (χ1v) is 12.1. The van der Waals surface area contributed by atoms with Crippen molar-refractivity contribution in [3.8, 4) is 11.8 Å². The van der Waals surface area contributed by atoms with Crippen molar-refractivity contribution in [3.05, 3.63) is 107 Å². The lowest BCUT2D eigenvalue weighted by molar-refractivity contribution is -0.136. The fraction of sp³-hybridized carbons (Fsp3) is 0.129. The van der Waals surface area contributed by atoms with Gasteiger partial charge in [0.2, 0.25) is 0 Å². The van der Waals surface area contributed by atoms with E-state index in [2.05, 4.69) is 41.0 Å². The molecule has 0 unspecified atom stereocenters. The van der Waals surface area contributed by atoms with Crippen LogP contribution in [0.5, 0.6) is 5.75 Å². The van der Waals surface area contributed by atoms with E-state index in [9.17, 15) is 4.79 Å². The SMILES string of the molecule is N#CCOc1ccc(CCC(=O)O)c2ccn(Cc3cccc(C=Cc4ccc5ccccc5n4)c3)c12. The van der Waals surface area contributed by atoms with E-state index in [1.165, 1.54) is 0 Å². The summed E-state index contributed by atoms with van der Waals surface area (Å²) in [6.07, 6.45) is 6.53. The van der Waals surface area contributed by atoms with Crippen LogP contribution in [0.25, 0.3) is 34.0 Å². The summed E-state index contributed by atoms with van der Waals surface area (Å²) in [5.41, 5.74) is 5.84. The molecular formula is C31H25N3O3. The van der Waals surface area contributed by atoms with Gasteiger partial charge in [0.25, 0.3) is 0 Å². The van der Waals surface area contributed by atoms with Gasteiger partial charge in [0.1, 0.15) is 11.8 Å². The lowest BCUT2D eigenvalue weighted by Gasteiger charge is -2.12. The van der Waals surface area contributed by atoms with E-state index >= 15 is 0 Å². The number of hydrogen-bond acceptors (Lipinski definition) is 4. The largest absolute Gasteiger partial charge is 0.481 e. The molecule has 0 saturated heterocycles. The minimum absolute atomic E-state index is 0.0547. The van der Waals surface area contributed by atoms with Gasteiger partial charge in [0.05, 0.1) is 16.7 Å². The number of nitriles is 1. The number of hydrogen-bond donors (Lipinski definition) is 1. The maximum atomic E-state index is 11.1. The molecule has 0 spiro atoms. The molecule has 0 fully saturated rings. The molecule has 0 saturated carbocycles.